The van der Waals surface area contributed by atoms with Crippen LogP contribution in [0.2, 0.25) is 0 Å². The van der Waals surface area contributed by atoms with Gasteiger partial charge in [0.2, 0.25) is 0 Å². The predicted octanol–water partition coefficient (Wildman–Crippen LogP) is 3.59. The van der Waals surface area contributed by atoms with Gasteiger partial charge in [0.25, 0.3) is 0 Å². The molecule has 0 aliphatic heterocycles. The van der Waals surface area contributed by atoms with Crippen LogP contribution in [-0.2, 0) is 12.7 Å². The molecule has 0 fully saturated rings. The zero-order valence-electron chi connectivity index (χ0n) is 11.9. The summed E-state index contributed by atoms with van der Waals surface area (Å²) in [6, 6.07) is 5.19. The molecule has 0 spiro atoms. The fraction of sp³-hybridized carbons (Fsp3) is 0.600. The highest BCUT2D eigenvalue weighted by molar-refractivity contribution is 5.24. The first kappa shape index (κ1) is 17.0. The Hall–Kier alpha value is -1.07. The number of aliphatic hydroxyl groups is 1. The highest BCUT2D eigenvalue weighted by Crippen LogP contribution is 2.29. The van der Waals surface area contributed by atoms with Gasteiger partial charge in [-0.3, -0.25) is 0 Å². The second-order valence-corrected chi connectivity index (χ2v) is 5.80. The molecule has 20 heavy (non-hydrogen) atoms. The molecule has 0 atom stereocenters. The second kappa shape index (κ2) is 7.09. The summed E-state index contributed by atoms with van der Waals surface area (Å²) in [7, 11) is 0. The molecule has 0 unspecified atom stereocenters. The lowest BCUT2D eigenvalue weighted by molar-refractivity contribution is -0.137. The topological polar surface area (TPSA) is 32.3 Å². The van der Waals surface area contributed by atoms with E-state index in [1.165, 1.54) is 12.1 Å². The molecule has 5 heteroatoms. The molecule has 0 aromatic heterocycles. The van der Waals surface area contributed by atoms with Crippen molar-refractivity contribution in [1.29, 1.82) is 0 Å². The van der Waals surface area contributed by atoms with Gasteiger partial charge in [0.05, 0.1) is 5.56 Å². The summed E-state index contributed by atoms with van der Waals surface area (Å²) in [5.41, 5.74) is 0.140. The SMILES string of the molecule is CC(C)(CO)CCCNCc1ccc(C(F)(F)F)cc1. The Balaban J connectivity index is 2.29. The highest BCUT2D eigenvalue weighted by atomic mass is 19.4. The first-order chi connectivity index (χ1) is 9.24. The summed E-state index contributed by atoms with van der Waals surface area (Å²) < 4.78 is 37.1. The van der Waals surface area contributed by atoms with Crippen LogP contribution in [0.3, 0.4) is 0 Å². The van der Waals surface area contributed by atoms with Crippen LogP contribution < -0.4 is 5.32 Å². The standard InChI is InChI=1S/C15H22F3NO/c1-14(2,11-20)8-3-9-19-10-12-4-6-13(7-5-12)15(16,17)18/h4-7,19-20H,3,8-11H2,1-2H3. The number of nitrogens with one attached hydrogen (secondary N) is 1. The van der Waals surface area contributed by atoms with Crippen LogP contribution >= 0.6 is 0 Å². The Morgan fingerprint density at radius 2 is 1.70 bits per heavy atom. The number of hydrogen-bond donors (Lipinski definition) is 2. The van der Waals surface area contributed by atoms with Crippen molar-refractivity contribution >= 4 is 0 Å². The summed E-state index contributed by atoms with van der Waals surface area (Å²) in [6.45, 7) is 5.50. The summed E-state index contributed by atoms with van der Waals surface area (Å²) in [4.78, 5) is 0. The van der Waals surface area contributed by atoms with E-state index in [1.54, 1.807) is 0 Å². The second-order valence-electron chi connectivity index (χ2n) is 5.80. The minimum absolute atomic E-state index is 0.0734. The van der Waals surface area contributed by atoms with Crippen molar-refractivity contribution < 1.29 is 18.3 Å². The third-order valence-electron chi connectivity index (χ3n) is 3.25. The Kier molecular flexibility index (Phi) is 6.02. The van der Waals surface area contributed by atoms with Gasteiger partial charge in [-0.05, 0) is 42.5 Å². The molecule has 0 saturated heterocycles. The maximum Gasteiger partial charge on any atom is 0.416 e. The van der Waals surface area contributed by atoms with Gasteiger partial charge >= 0.3 is 6.18 Å². The molecule has 0 saturated carbocycles. The molecule has 2 nitrogen and oxygen atoms in total. The van der Waals surface area contributed by atoms with E-state index in [4.69, 9.17) is 5.11 Å². The fourth-order valence-electron chi connectivity index (χ4n) is 1.82. The van der Waals surface area contributed by atoms with E-state index >= 15 is 0 Å². The van der Waals surface area contributed by atoms with Gasteiger partial charge in [-0.25, -0.2) is 0 Å². The molecule has 1 aromatic rings. The molecule has 0 amide bonds. The van der Waals surface area contributed by atoms with E-state index in [0.29, 0.717) is 6.54 Å². The van der Waals surface area contributed by atoms with Gasteiger partial charge in [-0.2, -0.15) is 13.2 Å². The lowest BCUT2D eigenvalue weighted by Gasteiger charge is -2.21. The maximum atomic E-state index is 12.4. The van der Waals surface area contributed by atoms with Crippen LogP contribution in [0.25, 0.3) is 0 Å². The molecule has 0 aliphatic rings. The molecule has 0 heterocycles. The molecule has 0 aliphatic carbocycles. The molecular formula is C15H22F3NO. The lowest BCUT2D eigenvalue weighted by atomic mass is 9.89. The zero-order chi connectivity index (χ0) is 15.2. The molecule has 0 bridgehead atoms. The zero-order valence-corrected chi connectivity index (χ0v) is 11.9. The van der Waals surface area contributed by atoms with Crippen molar-refractivity contribution in [2.75, 3.05) is 13.2 Å². The van der Waals surface area contributed by atoms with E-state index in [-0.39, 0.29) is 12.0 Å². The van der Waals surface area contributed by atoms with Gasteiger partial charge in [-0.15, -0.1) is 0 Å². The van der Waals surface area contributed by atoms with E-state index in [1.807, 2.05) is 13.8 Å². The number of benzene rings is 1. The van der Waals surface area contributed by atoms with Crippen LogP contribution in [0.1, 0.15) is 37.8 Å². The maximum absolute atomic E-state index is 12.4. The largest absolute Gasteiger partial charge is 0.416 e. The van der Waals surface area contributed by atoms with Crippen molar-refractivity contribution in [2.24, 2.45) is 5.41 Å². The van der Waals surface area contributed by atoms with E-state index < -0.39 is 11.7 Å². The first-order valence-electron chi connectivity index (χ1n) is 6.72. The Bertz CT molecular complexity index is 399. The first-order valence-corrected chi connectivity index (χ1v) is 6.72. The minimum Gasteiger partial charge on any atom is -0.396 e. The Labute approximate surface area is 118 Å². The van der Waals surface area contributed by atoms with Crippen molar-refractivity contribution in [1.82, 2.24) is 5.32 Å². The number of rotatable bonds is 7. The molecular weight excluding hydrogens is 267 g/mol. The molecule has 0 radical (unpaired) electrons. The quantitative estimate of drug-likeness (QED) is 0.752. The summed E-state index contributed by atoms with van der Waals surface area (Å²) in [6.07, 6.45) is -2.44. The van der Waals surface area contributed by atoms with Crippen LogP contribution in [-0.4, -0.2) is 18.3 Å². The molecule has 2 N–H and O–H groups in total. The van der Waals surface area contributed by atoms with Crippen LogP contribution in [0.15, 0.2) is 24.3 Å². The summed E-state index contributed by atoms with van der Waals surface area (Å²) in [5, 5.41) is 12.3. The average molecular weight is 289 g/mol. The number of aliphatic hydroxyl groups excluding tert-OH is 1. The Morgan fingerprint density at radius 3 is 2.20 bits per heavy atom. The lowest BCUT2D eigenvalue weighted by Crippen LogP contribution is -2.21. The molecule has 114 valence electrons. The van der Waals surface area contributed by atoms with Crippen molar-refractivity contribution in [3.8, 4) is 0 Å². The van der Waals surface area contributed by atoms with Gasteiger partial charge in [0.1, 0.15) is 0 Å². The van der Waals surface area contributed by atoms with Gasteiger partial charge < -0.3 is 10.4 Å². The van der Waals surface area contributed by atoms with Gasteiger partial charge in [-0.1, -0.05) is 26.0 Å². The summed E-state index contributed by atoms with van der Waals surface area (Å²) in [5.74, 6) is 0. The monoisotopic (exact) mass is 289 g/mol. The number of alkyl halides is 3. The van der Waals surface area contributed by atoms with Crippen molar-refractivity contribution in [3.05, 3.63) is 35.4 Å². The van der Waals surface area contributed by atoms with Crippen LogP contribution in [0.4, 0.5) is 13.2 Å². The number of halogens is 3. The minimum atomic E-state index is -4.28. The fourth-order valence-corrected chi connectivity index (χ4v) is 1.82. The van der Waals surface area contributed by atoms with Gasteiger partial charge in [0, 0.05) is 13.2 Å². The summed E-state index contributed by atoms with van der Waals surface area (Å²) >= 11 is 0. The van der Waals surface area contributed by atoms with Crippen molar-refractivity contribution in [3.63, 3.8) is 0 Å². The number of hydrogen-bond acceptors (Lipinski definition) is 2. The van der Waals surface area contributed by atoms with E-state index in [0.717, 1.165) is 37.1 Å². The van der Waals surface area contributed by atoms with Crippen LogP contribution in [0.5, 0.6) is 0 Å². The average Bonchev–Trinajstić information content (AvgIpc) is 2.38. The van der Waals surface area contributed by atoms with E-state index in [2.05, 4.69) is 5.32 Å². The highest BCUT2D eigenvalue weighted by Gasteiger charge is 2.29. The van der Waals surface area contributed by atoms with E-state index in [9.17, 15) is 13.2 Å². The predicted molar refractivity (Wildman–Crippen MR) is 73.3 cm³/mol. The Morgan fingerprint density at radius 1 is 1.10 bits per heavy atom. The van der Waals surface area contributed by atoms with Gasteiger partial charge in [0.15, 0.2) is 0 Å². The normalized spacial score (nSPS) is 12.7. The third kappa shape index (κ3) is 5.92. The van der Waals surface area contributed by atoms with Crippen LogP contribution in [0, 0.1) is 5.41 Å². The smallest absolute Gasteiger partial charge is 0.396 e. The molecule has 1 rings (SSSR count). The molecule has 1 aromatic carbocycles. The third-order valence-corrected chi connectivity index (χ3v) is 3.25. The van der Waals surface area contributed by atoms with Crippen molar-refractivity contribution in [2.45, 2.75) is 39.4 Å².